The van der Waals surface area contributed by atoms with Gasteiger partial charge >= 0.3 is 0 Å². The van der Waals surface area contributed by atoms with Crippen LogP contribution < -0.4 is 10.6 Å². The fraction of sp³-hybridized carbons (Fsp3) is 0.421. The lowest BCUT2D eigenvalue weighted by Gasteiger charge is -2.29. The number of nitrogens with zero attached hydrogens (tertiary/aromatic N) is 1. The SMILES string of the molecule is CC1CCCCC1NC(=O)Cc1csc(NC(=O)c2ccccc2)n1. The molecule has 1 aliphatic rings. The number of nitrogens with one attached hydrogen (secondary N) is 2. The molecule has 1 aromatic carbocycles. The van der Waals surface area contributed by atoms with Gasteiger partial charge in [0.25, 0.3) is 5.91 Å². The van der Waals surface area contributed by atoms with Crippen LogP contribution in [0.3, 0.4) is 0 Å². The van der Waals surface area contributed by atoms with E-state index in [9.17, 15) is 9.59 Å². The van der Waals surface area contributed by atoms with Crippen LogP contribution in [-0.2, 0) is 11.2 Å². The third-order valence-corrected chi connectivity index (χ3v) is 5.41. The van der Waals surface area contributed by atoms with Crippen molar-refractivity contribution in [1.82, 2.24) is 10.3 Å². The van der Waals surface area contributed by atoms with E-state index in [4.69, 9.17) is 0 Å². The van der Waals surface area contributed by atoms with Crippen LogP contribution in [0.5, 0.6) is 0 Å². The predicted molar refractivity (Wildman–Crippen MR) is 99.8 cm³/mol. The van der Waals surface area contributed by atoms with E-state index in [0.717, 1.165) is 6.42 Å². The van der Waals surface area contributed by atoms with Gasteiger partial charge in [-0.25, -0.2) is 4.98 Å². The summed E-state index contributed by atoms with van der Waals surface area (Å²) in [5, 5.41) is 8.25. The van der Waals surface area contributed by atoms with Crippen molar-refractivity contribution in [3.05, 3.63) is 47.0 Å². The van der Waals surface area contributed by atoms with Gasteiger partial charge in [-0.1, -0.05) is 38.0 Å². The highest BCUT2D eigenvalue weighted by Gasteiger charge is 2.23. The molecule has 5 nitrogen and oxygen atoms in total. The summed E-state index contributed by atoms with van der Waals surface area (Å²) in [5.74, 6) is 0.348. The lowest BCUT2D eigenvalue weighted by Crippen LogP contribution is -2.41. The van der Waals surface area contributed by atoms with E-state index in [2.05, 4.69) is 22.5 Å². The Bertz CT molecular complexity index is 729. The van der Waals surface area contributed by atoms with Crippen molar-refractivity contribution >= 4 is 28.3 Å². The fourth-order valence-electron chi connectivity index (χ4n) is 3.16. The average Bonchev–Trinajstić information content (AvgIpc) is 3.04. The Morgan fingerprint density at radius 2 is 1.96 bits per heavy atom. The highest BCUT2D eigenvalue weighted by atomic mass is 32.1. The second-order valence-electron chi connectivity index (χ2n) is 6.58. The molecule has 2 N–H and O–H groups in total. The van der Waals surface area contributed by atoms with Crippen molar-refractivity contribution in [2.45, 2.75) is 45.1 Å². The standard InChI is InChI=1S/C19H23N3O2S/c1-13-7-5-6-10-16(13)21-17(23)11-15-12-25-19(20-15)22-18(24)14-8-3-2-4-9-14/h2-4,8-9,12-13,16H,5-7,10-11H2,1H3,(H,21,23)(H,20,22,24). The lowest BCUT2D eigenvalue weighted by atomic mass is 9.86. The topological polar surface area (TPSA) is 71.1 Å². The summed E-state index contributed by atoms with van der Waals surface area (Å²) in [5.41, 5.74) is 1.28. The number of rotatable bonds is 5. The Labute approximate surface area is 151 Å². The van der Waals surface area contributed by atoms with E-state index in [-0.39, 0.29) is 24.3 Å². The smallest absolute Gasteiger partial charge is 0.257 e. The molecule has 0 radical (unpaired) electrons. The molecule has 0 spiro atoms. The predicted octanol–water partition coefficient (Wildman–Crippen LogP) is 3.63. The van der Waals surface area contributed by atoms with Crippen LogP contribution in [0.15, 0.2) is 35.7 Å². The van der Waals surface area contributed by atoms with Crippen LogP contribution in [0.25, 0.3) is 0 Å². The largest absolute Gasteiger partial charge is 0.353 e. The lowest BCUT2D eigenvalue weighted by molar-refractivity contribution is -0.121. The molecule has 2 amide bonds. The van der Waals surface area contributed by atoms with Crippen molar-refractivity contribution in [2.24, 2.45) is 5.92 Å². The van der Waals surface area contributed by atoms with E-state index < -0.39 is 0 Å². The molecular formula is C19H23N3O2S. The second kappa shape index (κ2) is 8.25. The molecule has 2 unspecified atom stereocenters. The number of aromatic nitrogens is 1. The maximum Gasteiger partial charge on any atom is 0.257 e. The number of thiazole rings is 1. The summed E-state index contributed by atoms with van der Waals surface area (Å²) in [7, 11) is 0. The first kappa shape index (κ1) is 17.6. The van der Waals surface area contributed by atoms with Crippen LogP contribution in [0, 0.1) is 5.92 Å². The van der Waals surface area contributed by atoms with Crippen LogP contribution >= 0.6 is 11.3 Å². The minimum Gasteiger partial charge on any atom is -0.353 e. The normalized spacial score (nSPS) is 20.0. The minimum atomic E-state index is -0.193. The Morgan fingerprint density at radius 1 is 1.20 bits per heavy atom. The van der Waals surface area contributed by atoms with E-state index >= 15 is 0 Å². The zero-order chi connectivity index (χ0) is 17.6. The van der Waals surface area contributed by atoms with Crippen molar-refractivity contribution in [2.75, 3.05) is 5.32 Å². The number of amides is 2. The van der Waals surface area contributed by atoms with Crippen molar-refractivity contribution in [3.8, 4) is 0 Å². The first-order chi connectivity index (χ1) is 12.1. The molecule has 0 saturated heterocycles. The summed E-state index contributed by atoms with van der Waals surface area (Å²) in [6.07, 6.45) is 4.92. The molecule has 2 aromatic rings. The number of hydrogen-bond acceptors (Lipinski definition) is 4. The van der Waals surface area contributed by atoms with Crippen molar-refractivity contribution in [3.63, 3.8) is 0 Å². The summed E-state index contributed by atoms with van der Waals surface area (Å²) in [6, 6.07) is 9.28. The van der Waals surface area contributed by atoms with Crippen LogP contribution in [0.1, 0.15) is 48.7 Å². The first-order valence-corrected chi connectivity index (χ1v) is 9.60. The van der Waals surface area contributed by atoms with Gasteiger partial charge in [-0.2, -0.15) is 0 Å². The number of hydrogen-bond donors (Lipinski definition) is 2. The maximum atomic E-state index is 12.2. The van der Waals surface area contributed by atoms with Gasteiger partial charge in [-0.3, -0.25) is 14.9 Å². The molecule has 6 heteroatoms. The molecule has 1 aliphatic carbocycles. The maximum absolute atomic E-state index is 12.2. The van der Waals surface area contributed by atoms with Crippen LogP contribution in [0.4, 0.5) is 5.13 Å². The van der Waals surface area contributed by atoms with E-state index in [0.29, 0.717) is 22.3 Å². The molecule has 2 atom stereocenters. The number of anilines is 1. The van der Waals surface area contributed by atoms with Gasteiger partial charge in [0, 0.05) is 17.0 Å². The summed E-state index contributed by atoms with van der Waals surface area (Å²) >= 11 is 1.34. The van der Waals surface area contributed by atoms with Crippen molar-refractivity contribution in [1.29, 1.82) is 0 Å². The Kier molecular flexibility index (Phi) is 5.81. The molecule has 1 aromatic heterocycles. The molecule has 3 rings (SSSR count). The molecule has 1 saturated carbocycles. The summed E-state index contributed by atoms with van der Waals surface area (Å²) in [4.78, 5) is 28.7. The van der Waals surface area contributed by atoms with E-state index in [1.807, 2.05) is 23.6 Å². The number of benzene rings is 1. The highest BCUT2D eigenvalue weighted by molar-refractivity contribution is 7.14. The van der Waals surface area contributed by atoms with Gasteiger partial charge in [0.1, 0.15) is 0 Å². The minimum absolute atomic E-state index is 0.00462. The third-order valence-electron chi connectivity index (χ3n) is 4.61. The van der Waals surface area contributed by atoms with E-state index in [1.54, 1.807) is 12.1 Å². The van der Waals surface area contributed by atoms with Gasteiger partial charge in [0.15, 0.2) is 5.13 Å². The van der Waals surface area contributed by atoms with E-state index in [1.165, 1.54) is 30.6 Å². The summed E-state index contributed by atoms with van der Waals surface area (Å²) in [6.45, 7) is 2.20. The zero-order valence-electron chi connectivity index (χ0n) is 14.3. The van der Waals surface area contributed by atoms with Crippen LogP contribution in [0.2, 0.25) is 0 Å². The quantitative estimate of drug-likeness (QED) is 0.858. The Morgan fingerprint density at radius 3 is 2.72 bits per heavy atom. The third kappa shape index (κ3) is 4.89. The Hall–Kier alpha value is -2.21. The molecule has 132 valence electrons. The molecule has 25 heavy (non-hydrogen) atoms. The van der Waals surface area contributed by atoms with Gasteiger partial charge in [-0.15, -0.1) is 11.3 Å². The Balaban J connectivity index is 1.53. The summed E-state index contributed by atoms with van der Waals surface area (Å²) < 4.78 is 0. The molecule has 0 aliphatic heterocycles. The first-order valence-electron chi connectivity index (χ1n) is 8.72. The molecular weight excluding hydrogens is 334 g/mol. The average molecular weight is 357 g/mol. The molecule has 1 heterocycles. The molecule has 1 fully saturated rings. The fourth-order valence-corrected chi connectivity index (χ4v) is 3.86. The highest BCUT2D eigenvalue weighted by Crippen LogP contribution is 2.24. The van der Waals surface area contributed by atoms with Crippen molar-refractivity contribution < 1.29 is 9.59 Å². The van der Waals surface area contributed by atoms with Gasteiger partial charge in [-0.05, 0) is 30.9 Å². The van der Waals surface area contributed by atoms with Crippen LogP contribution in [-0.4, -0.2) is 22.8 Å². The van der Waals surface area contributed by atoms with Gasteiger partial charge < -0.3 is 5.32 Å². The number of carbonyl (C=O) groups excluding carboxylic acids is 2. The zero-order valence-corrected chi connectivity index (χ0v) is 15.1. The number of carbonyl (C=O) groups is 2. The second-order valence-corrected chi connectivity index (χ2v) is 7.43. The van der Waals surface area contributed by atoms with Gasteiger partial charge in [0.2, 0.25) is 5.91 Å². The monoisotopic (exact) mass is 357 g/mol. The van der Waals surface area contributed by atoms with Gasteiger partial charge in [0.05, 0.1) is 12.1 Å². The molecule has 0 bridgehead atoms.